The van der Waals surface area contributed by atoms with E-state index in [1.54, 1.807) is 0 Å². The van der Waals surface area contributed by atoms with Crippen molar-refractivity contribution in [1.82, 2.24) is 5.32 Å². The second kappa shape index (κ2) is 7.64. The van der Waals surface area contributed by atoms with Crippen molar-refractivity contribution in [2.75, 3.05) is 0 Å². The highest BCUT2D eigenvalue weighted by atomic mass is 32.1. The Morgan fingerprint density at radius 1 is 1.44 bits per heavy atom. The zero-order valence-corrected chi connectivity index (χ0v) is 11.2. The van der Waals surface area contributed by atoms with Crippen LogP contribution in [-0.2, 0) is 6.42 Å². The molecule has 0 aliphatic carbocycles. The third-order valence-electron chi connectivity index (χ3n) is 2.70. The van der Waals surface area contributed by atoms with Crippen LogP contribution in [0.15, 0.2) is 30.2 Å². The number of rotatable bonds is 8. The Morgan fingerprint density at radius 2 is 2.25 bits per heavy atom. The predicted molar refractivity (Wildman–Crippen MR) is 74.1 cm³/mol. The van der Waals surface area contributed by atoms with Gasteiger partial charge < -0.3 is 5.32 Å². The fourth-order valence-corrected chi connectivity index (χ4v) is 2.76. The van der Waals surface area contributed by atoms with Crippen molar-refractivity contribution >= 4 is 11.3 Å². The first kappa shape index (κ1) is 13.5. The summed E-state index contributed by atoms with van der Waals surface area (Å²) in [5.74, 6) is 0. The number of nitrogens with one attached hydrogen (secondary N) is 1. The zero-order valence-electron chi connectivity index (χ0n) is 10.4. The van der Waals surface area contributed by atoms with Gasteiger partial charge in [0.1, 0.15) is 0 Å². The number of hydrogen-bond acceptors (Lipinski definition) is 2. The first-order chi connectivity index (χ1) is 7.72. The van der Waals surface area contributed by atoms with Gasteiger partial charge in [-0.3, -0.25) is 0 Å². The molecular weight excluding hydrogens is 214 g/mol. The van der Waals surface area contributed by atoms with Gasteiger partial charge in [-0.25, -0.2) is 0 Å². The molecule has 1 N–H and O–H groups in total. The van der Waals surface area contributed by atoms with E-state index in [-0.39, 0.29) is 0 Å². The maximum Gasteiger partial charge on any atom is 0.00894 e. The molecular formula is C14H23NS. The van der Waals surface area contributed by atoms with E-state index in [0.29, 0.717) is 12.1 Å². The van der Waals surface area contributed by atoms with Gasteiger partial charge in [0.15, 0.2) is 0 Å². The summed E-state index contributed by atoms with van der Waals surface area (Å²) in [7, 11) is 0. The molecule has 0 aliphatic heterocycles. The summed E-state index contributed by atoms with van der Waals surface area (Å²) in [5.41, 5.74) is 0. The molecule has 1 rings (SSSR count). The third kappa shape index (κ3) is 5.47. The van der Waals surface area contributed by atoms with Crippen LogP contribution in [0.5, 0.6) is 0 Å². The van der Waals surface area contributed by atoms with Gasteiger partial charge in [-0.1, -0.05) is 12.1 Å². The first-order valence-electron chi connectivity index (χ1n) is 6.11. The van der Waals surface area contributed by atoms with Gasteiger partial charge in [0.05, 0.1) is 0 Å². The Hall–Kier alpha value is -0.600. The standard InChI is InChI=1S/C14H23NS/c1-4-5-6-8-12(2)15-13(3)11-14-9-7-10-16-14/h4,7,9-10,12-13,15H,1,5-6,8,11H2,2-3H3. The van der Waals surface area contributed by atoms with Gasteiger partial charge in [0, 0.05) is 17.0 Å². The first-order valence-corrected chi connectivity index (χ1v) is 6.99. The van der Waals surface area contributed by atoms with E-state index in [4.69, 9.17) is 0 Å². The summed E-state index contributed by atoms with van der Waals surface area (Å²) in [4.78, 5) is 1.47. The van der Waals surface area contributed by atoms with Crippen LogP contribution in [0, 0.1) is 0 Å². The van der Waals surface area contributed by atoms with Gasteiger partial charge in [-0.2, -0.15) is 0 Å². The minimum Gasteiger partial charge on any atom is -0.311 e. The van der Waals surface area contributed by atoms with Crippen LogP contribution in [0.1, 0.15) is 38.0 Å². The number of allylic oxidation sites excluding steroid dienone is 1. The number of hydrogen-bond donors (Lipinski definition) is 1. The van der Waals surface area contributed by atoms with Crippen LogP contribution in [0.25, 0.3) is 0 Å². The van der Waals surface area contributed by atoms with Gasteiger partial charge in [-0.15, -0.1) is 17.9 Å². The van der Waals surface area contributed by atoms with Crippen molar-refractivity contribution in [3.8, 4) is 0 Å². The van der Waals surface area contributed by atoms with Crippen LogP contribution in [0.3, 0.4) is 0 Å². The highest BCUT2D eigenvalue weighted by Gasteiger charge is 2.08. The second-order valence-electron chi connectivity index (χ2n) is 4.47. The molecule has 0 aromatic carbocycles. The fraction of sp³-hybridized carbons (Fsp3) is 0.571. The molecule has 1 heterocycles. The monoisotopic (exact) mass is 237 g/mol. The number of thiophene rings is 1. The van der Waals surface area contributed by atoms with Crippen molar-refractivity contribution in [3.63, 3.8) is 0 Å². The van der Waals surface area contributed by atoms with Crippen molar-refractivity contribution < 1.29 is 0 Å². The molecule has 0 saturated heterocycles. The van der Waals surface area contributed by atoms with Gasteiger partial charge in [0.2, 0.25) is 0 Å². The molecule has 0 spiro atoms. The molecule has 16 heavy (non-hydrogen) atoms. The quantitative estimate of drug-likeness (QED) is 0.532. The smallest absolute Gasteiger partial charge is 0.00894 e. The normalized spacial score (nSPS) is 14.6. The van der Waals surface area contributed by atoms with E-state index in [9.17, 15) is 0 Å². The van der Waals surface area contributed by atoms with Gasteiger partial charge in [-0.05, 0) is 51.0 Å². The van der Waals surface area contributed by atoms with E-state index < -0.39 is 0 Å². The largest absolute Gasteiger partial charge is 0.311 e. The lowest BCUT2D eigenvalue weighted by atomic mass is 10.1. The maximum absolute atomic E-state index is 3.75. The summed E-state index contributed by atoms with van der Waals surface area (Å²) in [6, 6.07) is 5.51. The molecule has 2 unspecified atom stereocenters. The minimum atomic E-state index is 0.567. The Kier molecular flexibility index (Phi) is 6.43. The highest BCUT2D eigenvalue weighted by molar-refractivity contribution is 7.09. The van der Waals surface area contributed by atoms with Crippen molar-refractivity contribution in [2.24, 2.45) is 0 Å². The Balaban J connectivity index is 2.17. The minimum absolute atomic E-state index is 0.567. The van der Waals surface area contributed by atoms with Crippen LogP contribution in [0.2, 0.25) is 0 Å². The average Bonchev–Trinajstić information content (AvgIpc) is 2.70. The summed E-state index contributed by atoms with van der Waals surface area (Å²) < 4.78 is 0. The second-order valence-corrected chi connectivity index (χ2v) is 5.50. The lowest BCUT2D eigenvalue weighted by molar-refractivity contribution is 0.438. The molecule has 0 bridgehead atoms. The topological polar surface area (TPSA) is 12.0 Å². The van der Waals surface area contributed by atoms with E-state index in [2.05, 4.69) is 43.3 Å². The van der Waals surface area contributed by atoms with Crippen LogP contribution in [0.4, 0.5) is 0 Å². The zero-order chi connectivity index (χ0) is 11.8. The molecule has 1 aromatic heterocycles. The van der Waals surface area contributed by atoms with Gasteiger partial charge >= 0.3 is 0 Å². The summed E-state index contributed by atoms with van der Waals surface area (Å²) in [6.07, 6.45) is 6.75. The van der Waals surface area contributed by atoms with E-state index in [0.717, 1.165) is 12.8 Å². The fourth-order valence-electron chi connectivity index (χ4n) is 1.93. The molecule has 1 aromatic rings. The summed E-state index contributed by atoms with van der Waals surface area (Å²) in [6.45, 7) is 8.29. The lowest BCUT2D eigenvalue weighted by Crippen LogP contribution is -2.35. The summed E-state index contributed by atoms with van der Waals surface area (Å²) in [5, 5.41) is 5.80. The van der Waals surface area contributed by atoms with E-state index in [1.165, 1.54) is 17.7 Å². The molecule has 1 nitrogen and oxygen atoms in total. The van der Waals surface area contributed by atoms with E-state index in [1.807, 2.05) is 17.4 Å². The van der Waals surface area contributed by atoms with Crippen LogP contribution >= 0.6 is 11.3 Å². The Morgan fingerprint density at radius 3 is 2.88 bits per heavy atom. The molecule has 90 valence electrons. The SMILES string of the molecule is C=CCCCC(C)NC(C)Cc1cccs1. The van der Waals surface area contributed by atoms with E-state index >= 15 is 0 Å². The molecule has 0 fully saturated rings. The number of unbranched alkanes of at least 4 members (excludes halogenated alkanes) is 1. The lowest BCUT2D eigenvalue weighted by Gasteiger charge is -2.19. The third-order valence-corrected chi connectivity index (χ3v) is 3.60. The maximum atomic E-state index is 3.75. The molecule has 2 atom stereocenters. The molecule has 0 saturated carbocycles. The average molecular weight is 237 g/mol. The van der Waals surface area contributed by atoms with Crippen LogP contribution < -0.4 is 5.32 Å². The van der Waals surface area contributed by atoms with Gasteiger partial charge in [0.25, 0.3) is 0 Å². The van der Waals surface area contributed by atoms with Crippen molar-refractivity contribution in [1.29, 1.82) is 0 Å². The molecule has 0 aliphatic rings. The van der Waals surface area contributed by atoms with Crippen molar-refractivity contribution in [2.45, 2.75) is 51.6 Å². The predicted octanol–water partition coefficient (Wildman–Crippen LogP) is 4.01. The molecule has 2 heteroatoms. The Labute approximate surface area is 104 Å². The highest BCUT2D eigenvalue weighted by Crippen LogP contribution is 2.11. The molecule has 0 amide bonds. The molecule has 0 radical (unpaired) electrons. The van der Waals surface area contributed by atoms with Crippen LogP contribution in [-0.4, -0.2) is 12.1 Å². The Bertz CT molecular complexity index is 279. The summed E-state index contributed by atoms with van der Waals surface area (Å²) >= 11 is 1.85. The van der Waals surface area contributed by atoms with Crippen molar-refractivity contribution in [3.05, 3.63) is 35.0 Å².